The van der Waals surface area contributed by atoms with Gasteiger partial charge in [0.25, 0.3) is 0 Å². The van der Waals surface area contributed by atoms with E-state index in [4.69, 9.17) is 18.9 Å². The lowest BCUT2D eigenvalue weighted by molar-refractivity contribution is -0.870. The zero-order valence-electron chi connectivity index (χ0n) is 65.5. The van der Waals surface area contributed by atoms with E-state index < -0.39 is 24.3 Å². The number of unbranched alkanes of at least 4 members (excludes halogenated alkanes) is 29. The van der Waals surface area contributed by atoms with Crippen LogP contribution in [0.25, 0.3) is 0 Å². The molecule has 0 heterocycles. The molecule has 0 aliphatic heterocycles. The molecule has 2 atom stereocenters. The van der Waals surface area contributed by atoms with Gasteiger partial charge < -0.3 is 33.3 Å². The van der Waals surface area contributed by atoms with E-state index in [9.17, 15) is 19.5 Å². The molecule has 2 unspecified atom stereocenters. The van der Waals surface area contributed by atoms with Gasteiger partial charge in [0, 0.05) is 12.8 Å². The highest BCUT2D eigenvalue weighted by Gasteiger charge is 2.22. The minimum Gasteiger partial charge on any atom is -0.545 e. The number of aliphatic carboxylic acids is 1. The first-order chi connectivity index (χ1) is 49.6. The third-order valence-electron chi connectivity index (χ3n) is 17.1. The minimum atomic E-state index is -1.63. The van der Waals surface area contributed by atoms with Gasteiger partial charge in [-0.1, -0.05) is 357 Å². The molecule has 0 amide bonds. The second-order valence-corrected chi connectivity index (χ2v) is 27.9. The first-order valence-electron chi connectivity index (χ1n) is 40.9. The van der Waals surface area contributed by atoms with Crippen LogP contribution in [0.1, 0.15) is 322 Å². The van der Waals surface area contributed by atoms with Gasteiger partial charge in [0.1, 0.15) is 13.2 Å². The van der Waals surface area contributed by atoms with Crippen molar-refractivity contribution in [2.24, 2.45) is 0 Å². The lowest BCUT2D eigenvalue weighted by Crippen LogP contribution is -2.44. The number of carboxylic acid groups (broad SMARTS) is 1. The van der Waals surface area contributed by atoms with Crippen LogP contribution in [-0.2, 0) is 33.3 Å². The van der Waals surface area contributed by atoms with Crippen molar-refractivity contribution in [1.82, 2.24) is 0 Å². The number of allylic oxidation sites excluding steroid dienone is 30. The summed E-state index contributed by atoms with van der Waals surface area (Å²) in [7, 11) is 5.93. The Kier molecular flexibility index (Phi) is 75.6. The molecule has 0 aliphatic rings. The summed E-state index contributed by atoms with van der Waals surface area (Å²) < 4.78 is 22.9. The second kappa shape index (κ2) is 80.1. The largest absolute Gasteiger partial charge is 0.545 e. The zero-order chi connectivity index (χ0) is 73.2. The minimum absolute atomic E-state index is 0.141. The molecule has 572 valence electrons. The van der Waals surface area contributed by atoms with Crippen molar-refractivity contribution in [3.8, 4) is 0 Å². The Labute approximate surface area is 621 Å². The van der Waals surface area contributed by atoms with E-state index in [0.29, 0.717) is 17.4 Å². The van der Waals surface area contributed by atoms with Crippen molar-refractivity contribution in [3.05, 3.63) is 182 Å². The quantitative estimate of drug-likeness (QED) is 0.0195. The average molecular weight is 1400 g/mol. The third-order valence-corrected chi connectivity index (χ3v) is 17.1. The van der Waals surface area contributed by atoms with Crippen LogP contribution in [0.15, 0.2) is 182 Å². The van der Waals surface area contributed by atoms with Gasteiger partial charge in [0.2, 0.25) is 0 Å². The van der Waals surface area contributed by atoms with Gasteiger partial charge >= 0.3 is 11.9 Å². The number of hydrogen-bond donors (Lipinski definition) is 0. The maximum atomic E-state index is 13.0. The van der Waals surface area contributed by atoms with Crippen LogP contribution in [0, 0.1) is 0 Å². The predicted octanol–water partition coefficient (Wildman–Crippen LogP) is 25.4. The lowest BCUT2D eigenvalue weighted by Gasteiger charge is -2.26. The molecule has 101 heavy (non-hydrogen) atoms. The molecule has 9 heteroatoms. The van der Waals surface area contributed by atoms with E-state index in [1.807, 2.05) is 21.1 Å². The Morgan fingerprint density at radius 2 is 0.535 bits per heavy atom. The summed E-state index contributed by atoms with van der Waals surface area (Å²) in [5, 5.41) is 11.9. The predicted molar refractivity (Wildman–Crippen MR) is 435 cm³/mol. The van der Waals surface area contributed by atoms with Gasteiger partial charge in [-0.15, -0.1) is 0 Å². The zero-order valence-corrected chi connectivity index (χ0v) is 65.5. The van der Waals surface area contributed by atoms with Crippen LogP contribution < -0.4 is 5.11 Å². The molecular formula is C92H151NO8. The van der Waals surface area contributed by atoms with Gasteiger partial charge in [-0.2, -0.15) is 0 Å². The highest BCUT2D eigenvalue weighted by molar-refractivity contribution is 5.70. The number of likely N-dealkylation sites (N-methyl/N-ethyl adjacent to an activating group) is 1. The van der Waals surface area contributed by atoms with E-state index in [2.05, 4.69) is 196 Å². The molecule has 0 fully saturated rings. The fourth-order valence-electron chi connectivity index (χ4n) is 11.0. The highest BCUT2D eigenvalue weighted by Crippen LogP contribution is 2.18. The van der Waals surface area contributed by atoms with E-state index in [0.717, 1.165) is 135 Å². The number of hydrogen-bond acceptors (Lipinski definition) is 8. The van der Waals surface area contributed by atoms with Gasteiger partial charge in [0.05, 0.1) is 40.3 Å². The van der Waals surface area contributed by atoms with Crippen molar-refractivity contribution in [1.29, 1.82) is 0 Å². The summed E-state index contributed by atoms with van der Waals surface area (Å²) >= 11 is 0. The lowest BCUT2D eigenvalue weighted by atomic mass is 10.0. The Balaban J connectivity index is 4.06. The highest BCUT2D eigenvalue weighted by atomic mass is 16.7. The number of ether oxygens (including phenoxy) is 4. The SMILES string of the molecule is CC/C=C\C/C=C\C/C=C\C/C=C\C/C=C\C/C=C\C/C=C\C/C=C\CCCCCCCCCCCCCCCCCCC(=O)OC(COC(=O)CCCCCCCCCCCCCCC/C=C\C/C=C\C/C=C\C/C=C\C/C=C\C/C=C\C/C=C\CC)COC(OCC[N+](C)(C)C)C(=O)[O-]. The summed E-state index contributed by atoms with van der Waals surface area (Å²) in [5.41, 5.74) is 0. The maximum absolute atomic E-state index is 13.0. The molecule has 0 rings (SSSR count). The van der Waals surface area contributed by atoms with Crippen molar-refractivity contribution in [2.75, 3.05) is 47.5 Å². The van der Waals surface area contributed by atoms with Crippen LogP contribution >= 0.6 is 0 Å². The normalized spacial score (nSPS) is 13.6. The maximum Gasteiger partial charge on any atom is 0.306 e. The molecule has 0 saturated heterocycles. The van der Waals surface area contributed by atoms with Crippen molar-refractivity contribution >= 4 is 17.9 Å². The summed E-state index contributed by atoms with van der Waals surface area (Å²) in [6, 6.07) is 0. The molecule has 0 aromatic rings. The number of rotatable bonds is 74. The van der Waals surface area contributed by atoms with Crippen molar-refractivity contribution in [2.45, 2.75) is 334 Å². The second-order valence-electron chi connectivity index (χ2n) is 27.9. The Morgan fingerprint density at radius 3 is 0.792 bits per heavy atom. The van der Waals surface area contributed by atoms with Crippen LogP contribution in [0.5, 0.6) is 0 Å². The molecule has 0 bridgehead atoms. The van der Waals surface area contributed by atoms with E-state index in [1.54, 1.807) is 0 Å². The summed E-state index contributed by atoms with van der Waals surface area (Å²) in [5.74, 6) is -2.28. The van der Waals surface area contributed by atoms with Gasteiger partial charge in [-0.05, 0) is 135 Å². The van der Waals surface area contributed by atoms with Gasteiger partial charge in [0.15, 0.2) is 12.4 Å². The summed E-state index contributed by atoms with van der Waals surface area (Å²) in [6.07, 6.45) is 119. The monoisotopic (exact) mass is 1400 g/mol. The topological polar surface area (TPSA) is 111 Å². The molecule has 0 radical (unpaired) electrons. The average Bonchev–Trinajstić information content (AvgIpc) is 1.21. The standard InChI is InChI=1S/C92H151NO8/c1-6-8-10-12-14-16-18-20-22-24-26-28-30-32-34-36-38-40-42-43-44-45-46-47-49-51-53-55-57-59-61-63-65-67-69-71-73-75-77-79-81-83-90(95)101-88(87-100-92(91(96)97)98-85-84-93(3,4)5)86-99-89(94)82-80-78-76-74-72-70-68-66-64-62-60-58-56-54-52-50-48-41-39-37-35-33-31-29-27-25-23-21-19-17-15-13-11-9-7-2/h8-11,14-17,20-23,26-29,32-35,38-41,43-44,46-47,50,52,88,92H,6-7,12-13,18-19,24-25,30-31,36-37,42,45,48-49,51,53-87H2,1-5H3/b10-8-,11-9-,16-14-,17-15-,22-20-,23-21-,28-26-,29-27-,34-32-,35-33-,40-38-,41-39-,44-43-,47-46-,52-50-. The molecule has 0 aromatic heterocycles. The molecule has 0 aliphatic carbocycles. The fourth-order valence-corrected chi connectivity index (χ4v) is 11.0. The molecule has 9 nitrogen and oxygen atoms in total. The molecule has 0 N–H and O–H groups in total. The van der Waals surface area contributed by atoms with Crippen LogP contribution in [0.3, 0.4) is 0 Å². The number of carbonyl (C=O) groups excluding carboxylic acids is 3. The Morgan fingerprint density at radius 1 is 0.297 bits per heavy atom. The Bertz CT molecular complexity index is 2330. The number of nitrogens with zero attached hydrogens (tertiary/aromatic N) is 1. The smallest absolute Gasteiger partial charge is 0.306 e. The number of quaternary nitrogens is 1. The molecular weight excluding hydrogens is 1250 g/mol. The molecule has 0 spiro atoms. The van der Waals surface area contributed by atoms with E-state index >= 15 is 0 Å². The van der Waals surface area contributed by atoms with Gasteiger partial charge in [-0.25, -0.2) is 0 Å². The Hall–Kier alpha value is -5.61. The van der Waals surface area contributed by atoms with Crippen LogP contribution in [0.2, 0.25) is 0 Å². The third kappa shape index (κ3) is 81.6. The van der Waals surface area contributed by atoms with Crippen molar-refractivity contribution < 1.29 is 42.9 Å². The van der Waals surface area contributed by atoms with Gasteiger partial charge in [-0.3, -0.25) is 9.59 Å². The first kappa shape index (κ1) is 95.4. The molecule has 0 aromatic carbocycles. The summed E-state index contributed by atoms with van der Waals surface area (Å²) in [6.45, 7) is 4.53. The van der Waals surface area contributed by atoms with E-state index in [1.165, 1.54) is 154 Å². The fraction of sp³-hybridized carbons (Fsp3) is 0.641. The van der Waals surface area contributed by atoms with Crippen LogP contribution in [0.4, 0.5) is 0 Å². The first-order valence-corrected chi connectivity index (χ1v) is 40.9. The van der Waals surface area contributed by atoms with E-state index in [-0.39, 0.29) is 38.6 Å². The van der Waals surface area contributed by atoms with Crippen LogP contribution in [-0.4, -0.2) is 82.3 Å². The number of carbonyl (C=O) groups is 3. The molecule has 0 saturated carbocycles. The van der Waals surface area contributed by atoms with Crippen molar-refractivity contribution in [3.63, 3.8) is 0 Å². The summed E-state index contributed by atoms with van der Waals surface area (Å²) in [4.78, 5) is 37.6. The number of esters is 2. The number of carboxylic acids is 1.